The zero-order valence-electron chi connectivity index (χ0n) is 84.3. The molecule has 0 spiro atoms. The summed E-state index contributed by atoms with van der Waals surface area (Å²) in [6.45, 7) is 29.9. The Bertz CT molecular complexity index is 7100. The van der Waals surface area contributed by atoms with E-state index in [1.165, 1.54) is 172 Å². The number of thiophene rings is 2. The van der Waals surface area contributed by atoms with Crippen molar-refractivity contribution in [1.82, 2.24) is 19.9 Å². The Morgan fingerprint density at radius 2 is 0.753 bits per heavy atom. The predicted octanol–water partition coefficient (Wildman–Crippen LogP) is 32.5. The number of allylic oxidation sites excluding steroid dienone is 20. The van der Waals surface area contributed by atoms with E-state index in [1.54, 1.807) is 22.7 Å². The molecule has 20 rings (SSSR count). The number of aliphatic imine (C=N–C) groups is 4. The monoisotopic (exact) mass is 2940 g/mol. The number of aromatic nitrogens is 5. The molecule has 6 aliphatic rings. The Morgan fingerprint density at radius 3 is 1.16 bits per heavy atom. The molecule has 0 fully saturated rings. The van der Waals surface area contributed by atoms with Gasteiger partial charge in [-0.25, -0.2) is 42.6 Å². The third-order valence-electron chi connectivity index (χ3n) is 22.2. The van der Waals surface area contributed by atoms with Gasteiger partial charge in [0.1, 0.15) is 0 Å². The summed E-state index contributed by atoms with van der Waals surface area (Å²) in [7, 11) is 0. The molecule has 4 N–H and O–H groups in total. The second kappa shape index (κ2) is 67.6. The topological polar surface area (TPSA) is 263 Å². The van der Waals surface area contributed by atoms with Crippen LogP contribution in [0.5, 0.6) is 5.75 Å². The van der Waals surface area contributed by atoms with Gasteiger partial charge in [-0.1, -0.05) is 187 Å². The number of rotatable bonds is 15. The van der Waals surface area contributed by atoms with Gasteiger partial charge in [0.15, 0.2) is 35.1 Å². The number of fused-ring (bicyclic) bond motifs is 8. The van der Waals surface area contributed by atoms with Crippen molar-refractivity contribution in [3.05, 3.63) is 419 Å². The van der Waals surface area contributed by atoms with Crippen LogP contribution in [0.4, 0.5) is 0 Å². The number of aliphatic hydroxyl groups excluding tert-OH is 4. The van der Waals surface area contributed by atoms with E-state index in [1.807, 2.05) is 183 Å². The molecule has 7 aromatic heterocycles. The van der Waals surface area contributed by atoms with Crippen molar-refractivity contribution in [2.75, 3.05) is 0 Å². The number of ketones is 4. The van der Waals surface area contributed by atoms with Gasteiger partial charge in [-0.05, 0) is 265 Å². The van der Waals surface area contributed by atoms with Gasteiger partial charge < -0.3 is 40.1 Å². The molecule has 794 valence electrons. The van der Waals surface area contributed by atoms with Gasteiger partial charge in [-0.15, -0.1) is 119 Å². The van der Waals surface area contributed by atoms with E-state index in [2.05, 4.69) is 201 Å². The molecule has 14 aromatic rings. The normalized spacial score (nSPS) is 13.0. The fourth-order valence-corrected chi connectivity index (χ4v) is 18.2. The number of hydrogen-bond acceptors (Lipinski definition) is 19. The van der Waals surface area contributed by atoms with Crippen LogP contribution in [0.15, 0.2) is 414 Å². The van der Waals surface area contributed by atoms with Crippen molar-refractivity contribution in [2.24, 2.45) is 20.0 Å². The Balaban J connectivity index is 0.000000593. The first-order valence-corrected chi connectivity index (χ1v) is 48.7. The summed E-state index contributed by atoms with van der Waals surface area (Å²) in [5, 5.41) is 40.6. The number of carbonyl (C=O) groups is 4. The average Bonchev–Trinajstić information content (AvgIpc) is 1.61. The number of ether oxygens (including phenoxy) is 1. The molecule has 18 nitrogen and oxygen atoms in total. The van der Waals surface area contributed by atoms with Crippen LogP contribution >= 0.6 is 22.7 Å². The minimum atomic E-state index is -0.125. The first-order chi connectivity index (χ1) is 68.1. The van der Waals surface area contributed by atoms with Gasteiger partial charge in [0, 0.05) is 162 Å². The Kier molecular flexibility index (Phi) is 60.2. The van der Waals surface area contributed by atoms with Gasteiger partial charge in [0.25, 0.3) is 12.2 Å². The van der Waals surface area contributed by atoms with Crippen LogP contribution in [0, 0.1) is 24.3 Å². The molecule has 0 aliphatic carbocycles. The van der Waals surface area contributed by atoms with Crippen molar-refractivity contribution in [3.63, 3.8) is 0 Å². The summed E-state index contributed by atoms with van der Waals surface area (Å²) in [5.41, 5.74) is 27.2. The summed E-state index contributed by atoms with van der Waals surface area (Å²) in [6.07, 6.45) is 27.7. The summed E-state index contributed by atoms with van der Waals surface area (Å²) in [6, 6.07) is 90.3. The van der Waals surface area contributed by atoms with E-state index in [9.17, 15) is 19.2 Å². The zero-order chi connectivity index (χ0) is 101. The number of para-hydroxylation sites is 2. The molecular weight excluding hydrogens is 2800 g/mol. The first kappa shape index (κ1) is 134. The Hall–Kier alpha value is -12.5. The summed E-state index contributed by atoms with van der Waals surface area (Å²) in [5.74, 6) is 0.744. The number of benzene rings is 7. The minimum Gasteiger partial charge on any atom is -0.512 e. The second-order valence-electron chi connectivity index (χ2n) is 32.9. The van der Waals surface area contributed by atoms with Gasteiger partial charge in [0.2, 0.25) is 0 Å². The standard InChI is InChI=1S/C35H42N4.2C15H10N.2C13H8NS.C10H8NO.4C5H8O2.4CH4.4Ir.Pt/c1-9-21-20(8)28-16-30-22(10-2)23(11-3)32(37-30)18-34-26(14-6)27(15-7)35(39-34)19-33-25(13-5)24(12-4)31(38-33)17-29(21)36-28;1-2-7-13(8-3-1)15-14-9-5-4-6-12(14)10-11-16-15;1-2-6-12(7-3-1)15-11-10-13-8-4-5-9-14(13)16-15;2*1-2-7-12-10(5-1)9-13(15-12)11-6-3-4-8-14-11;1-3-8-4-2-6-11-7-12-9(5-1)10(8)11;4*1-4(6)3-5(2)7;;;;;;;;;/h16-19H,9-15H2,1-8H3;1-7,9-11H;1-6,8-11H;2*1-8H;1-6H,7H2;4*3,6H,1-2H3;4*1H4;;;;;/q;4*-1;+1;;;;;;;;;;;;;. The molecule has 0 saturated carbocycles. The molecule has 7 aromatic carbocycles. The third kappa shape index (κ3) is 38.2. The van der Waals surface area contributed by atoms with Crippen LogP contribution in [0.3, 0.4) is 0 Å². The number of aliphatic hydroxyl groups is 4. The van der Waals surface area contributed by atoms with Crippen molar-refractivity contribution in [1.29, 1.82) is 0 Å². The molecule has 0 amide bonds. The van der Waals surface area contributed by atoms with Crippen molar-refractivity contribution in [2.45, 2.75) is 192 Å². The molecule has 0 unspecified atom stereocenters. The molecular formula is C125H134Ir4N9O9PtS2-3. The second-order valence-corrected chi connectivity index (χ2v) is 35.0. The molecule has 8 bridgehead atoms. The van der Waals surface area contributed by atoms with E-state index in [0.29, 0.717) is 6.73 Å². The van der Waals surface area contributed by atoms with E-state index in [-0.39, 0.29) is 177 Å². The molecule has 13 heterocycles. The SMILES string of the molecule is C.C.C.C.CC(=O)C=C(C)O.CC(=O)C=C(C)O.CC(=O)C=C(C)O.CC(=O)C=C(C)O.CCC1=C(C)C2=CC3=NC(=CC4=NC(=CC5=NC(=CC1=N2)C(CC)=C5CC)C(CC)=C4CC)C(CC)=C3CC.[Ir].[Ir].[Ir].[Ir].[Pt].[c-]1c(-c2ccccn2)sc2ccccc12.[c-]1c(-c2ccccn2)sc2ccccc12.[c-]1ccccc1-c1ccc2ccccc2n1.[c-]1ccccc1-c1nccc2ccccc12.c1cc2c3c(c1)ccc[n+]3CO2. The smallest absolute Gasteiger partial charge is 0.293 e. The number of hydrogen-bond donors (Lipinski definition) is 4. The largest absolute Gasteiger partial charge is 0.512 e. The van der Waals surface area contributed by atoms with Crippen LogP contribution in [0.25, 0.3) is 96.4 Å². The molecule has 4 radical (unpaired) electrons. The predicted molar refractivity (Wildman–Crippen MR) is 608 cm³/mol. The van der Waals surface area contributed by atoms with Crippen molar-refractivity contribution >= 4 is 121 Å². The summed E-state index contributed by atoms with van der Waals surface area (Å²) >= 11 is 3.46. The Morgan fingerprint density at radius 1 is 0.373 bits per heavy atom. The Labute approximate surface area is 962 Å². The first-order valence-electron chi connectivity index (χ1n) is 47.1. The van der Waals surface area contributed by atoms with Crippen LogP contribution in [-0.4, -0.2) is 86.3 Å². The molecule has 0 atom stereocenters. The zero-order valence-corrected chi connectivity index (χ0v) is 97.8. The molecule has 0 saturated heterocycles. The van der Waals surface area contributed by atoms with Crippen LogP contribution in [-0.2, 0) is 127 Å². The van der Waals surface area contributed by atoms with Crippen LogP contribution in [0.2, 0.25) is 0 Å². The molecule has 6 aliphatic heterocycles. The van der Waals surface area contributed by atoms with E-state index in [4.69, 9.17) is 45.1 Å². The fraction of sp³-hybridized carbons (Fsp3) is 0.224. The average molecular weight is 2930 g/mol. The van der Waals surface area contributed by atoms with Gasteiger partial charge >= 0.3 is 0 Å². The number of pyridine rings is 5. The van der Waals surface area contributed by atoms with Gasteiger partial charge in [-0.2, -0.15) is 4.57 Å². The maximum absolute atomic E-state index is 10.0. The minimum absolute atomic E-state index is 0. The fourth-order valence-electron chi connectivity index (χ4n) is 16.2. The van der Waals surface area contributed by atoms with Crippen molar-refractivity contribution in [3.8, 4) is 49.4 Å². The summed E-state index contributed by atoms with van der Waals surface area (Å²) < 4.78 is 10.1. The molecule has 25 heteroatoms. The van der Waals surface area contributed by atoms with E-state index in [0.717, 1.165) is 146 Å². The maximum Gasteiger partial charge on any atom is 0.293 e. The quantitative estimate of drug-likeness (QED) is 0.0322. The van der Waals surface area contributed by atoms with Gasteiger partial charge in [0.05, 0.1) is 79.6 Å². The van der Waals surface area contributed by atoms with Crippen LogP contribution in [0.1, 0.15) is 185 Å². The van der Waals surface area contributed by atoms with Crippen molar-refractivity contribution < 1.29 is 150 Å². The maximum atomic E-state index is 10.0. The van der Waals surface area contributed by atoms with E-state index >= 15 is 0 Å². The number of nitrogens with zero attached hydrogens (tertiary/aromatic N) is 9. The summed E-state index contributed by atoms with van der Waals surface area (Å²) in [4.78, 5) is 80.9. The van der Waals surface area contributed by atoms with Gasteiger partial charge in [-0.3, -0.25) is 24.2 Å². The third-order valence-corrected chi connectivity index (χ3v) is 24.4. The van der Waals surface area contributed by atoms with Crippen LogP contribution < -0.4 is 9.30 Å². The molecule has 150 heavy (non-hydrogen) atoms. The van der Waals surface area contributed by atoms with E-state index < -0.39 is 0 Å². The number of carbonyl (C=O) groups excluding carboxylic acids is 4.